The van der Waals surface area contributed by atoms with E-state index in [1.165, 1.54) is 5.56 Å². The van der Waals surface area contributed by atoms with E-state index in [0.717, 1.165) is 44.3 Å². The van der Waals surface area contributed by atoms with Gasteiger partial charge in [0, 0.05) is 5.56 Å². The molecule has 0 fully saturated rings. The Labute approximate surface area is 137 Å². The summed E-state index contributed by atoms with van der Waals surface area (Å²) in [6, 6.07) is 12.1. The lowest BCUT2D eigenvalue weighted by molar-refractivity contribution is 0.411. The highest BCUT2D eigenvalue weighted by Gasteiger charge is 2.17. The van der Waals surface area contributed by atoms with E-state index >= 15 is 0 Å². The Balaban J connectivity index is 2.42. The Bertz CT molecular complexity index is 908. The minimum Gasteiger partial charge on any atom is -0.507 e. The van der Waals surface area contributed by atoms with E-state index in [4.69, 9.17) is 4.74 Å². The van der Waals surface area contributed by atoms with Gasteiger partial charge in [0.25, 0.3) is 0 Å². The third-order valence-electron chi connectivity index (χ3n) is 4.67. The van der Waals surface area contributed by atoms with Crippen LogP contribution >= 0.6 is 0 Å². The first-order valence-electron chi connectivity index (χ1n) is 7.81. The molecule has 3 aromatic carbocycles. The molecule has 3 aromatic rings. The predicted molar refractivity (Wildman–Crippen MR) is 96.5 cm³/mol. The molecule has 3 rings (SSSR count). The standard InChI is InChI=1S/C21H22O2/c1-12-6-8-17-16(10-12)7-9-18(22)21(17)20-13(2)11-19(23-5)14(3)15(20)4/h6-11,22H,1-5H3. The molecule has 0 radical (unpaired) electrons. The van der Waals surface area contributed by atoms with E-state index in [-0.39, 0.29) is 0 Å². The first kappa shape index (κ1) is 15.4. The summed E-state index contributed by atoms with van der Waals surface area (Å²) in [5, 5.41) is 12.8. The van der Waals surface area contributed by atoms with Crippen LogP contribution in [-0.4, -0.2) is 12.2 Å². The predicted octanol–water partition coefficient (Wildman–Crippen LogP) is 5.45. The van der Waals surface area contributed by atoms with Crippen LogP contribution in [0.25, 0.3) is 21.9 Å². The molecule has 1 N–H and O–H groups in total. The largest absolute Gasteiger partial charge is 0.507 e. The lowest BCUT2D eigenvalue weighted by atomic mass is 9.88. The number of aromatic hydroxyl groups is 1. The van der Waals surface area contributed by atoms with Crippen LogP contribution in [0.4, 0.5) is 0 Å². The number of hydrogen-bond acceptors (Lipinski definition) is 2. The van der Waals surface area contributed by atoms with Gasteiger partial charge >= 0.3 is 0 Å². The fraction of sp³-hybridized carbons (Fsp3) is 0.238. The zero-order chi connectivity index (χ0) is 16.7. The lowest BCUT2D eigenvalue weighted by Crippen LogP contribution is -1.97. The van der Waals surface area contributed by atoms with E-state index in [2.05, 4.69) is 45.9 Å². The smallest absolute Gasteiger partial charge is 0.124 e. The molecule has 0 unspecified atom stereocenters. The summed E-state index contributed by atoms with van der Waals surface area (Å²) in [6.45, 7) is 8.30. The number of rotatable bonds is 2. The molecule has 0 atom stereocenters. The van der Waals surface area contributed by atoms with Crippen LogP contribution < -0.4 is 4.74 Å². The van der Waals surface area contributed by atoms with E-state index in [9.17, 15) is 5.11 Å². The van der Waals surface area contributed by atoms with Gasteiger partial charge in [-0.1, -0.05) is 29.8 Å². The molecule has 0 aliphatic heterocycles. The van der Waals surface area contributed by atoms with E-state index < -0.39 is 0 Å². The van der Waals surface area contributed by atoms with Crippen molar-refractivity contribution in [3.63, 3.8) is 0 Å². The summed E-state index contributed by atoms with van der Waals surface area (Å²) in [4.78, 5) is 0. The van der Waals surface area contributed by atoms with Crippen molar-refractivity contribution in [1.29, 1.82) is 0 Å². The molecule has 0 saturated heterocycles. The maximum Gasteiger partial charge on any atom is 0.124 e. The van der Waals surface area contributed by atoms with Crippen molar-refractivity contribution < 1.29 is 9.84 Å². The second-order valence-electron chi connectivity index (χ2n) is 6.21. The Kier molecular flexibility index (Phi) is 3.77. The normalized spacial score (nSPS) is 11.0. The monoisotopic (exact) mass is 306 g/mol. The molecular weight excluding hydrogens is 284 g/mol. The van der Waals surface area contributed by atoms with Crippen molar-refractivity contribution in [2.24, 2.45) is 0 Å². The number of benzene rings is 3. The van der Waals surface area contributed by atoms with Crippen LogP contribution in [0, 0.1) is 27.7 Å². The third-order valence-corrected chi connectivity index (χ3v) is 4.67. The van der Waals surface area contributed by atoms with Gasteiger partial charge < -0.3 is 9.84 Å². The van der Waals surface area contributed by atoms with Gasteiger partial charge in [-0.3, -0.25) is 0 Å². The number of methoxy groups -OCH3 is 1. The van der Waals surface area contributed by atoms with Crippen LogP contribution in [0.2, 0.25) is 0 Å². The highest BCUT2D eigenvalue weighted by molar-refractivity contribution is 6.01. The maximum atomic E-state index is 10.6. The maximum absolute atomic E-state index is 10.6. The number of ether oxygens (including phenoxy) is 1. The molecule has 2 heteroatoms. The van der Waals surface area contributed by atoms with Gasteiger partial charge in [-0.05, 0) is 72.9 Å². The summed E-state index contributed by atoms with van der Waals surface area (Å²) in [7, 11) is 1.69. The number of phenolic OH excluding ortho intramolecular Hbond substituents is 1. The molecule has 0 heterocycles. The Hall–Kier alpha value is -2.48. The Morgan fingerprint density at radius 1 is 0.826 bits per heavy atom. The quantitative estimate of drug-likeness (QED) is 0.681. The molecule has 118 valence electrons. The van der Waals surface area contributed by atoms with Gasteiger partial charge in [-0.25, -0.2) is 0 Å². The molecule has 0 amide bonds. The minimum atomic E-state index is 0.317. The van der Waals surface area contributed by atoms with Gasteiger partial charge in [0.15, 0.2) is 0 Å². The van der Waals surface area contributed by atoms with Crippen LogP contribution in [0.15, 0.2) is 36.4 Å². The fourth-order valence-corrected chi connectivity index (χ4v) is 3.34. The van der Waals surface area contributed by atoms with Crippen molar-refractivity contribution in [1.82, 2.24) is 0 Å². The van der Waals surface area contributed by atoms with Gasteiger partial charge in [0.2, 0.25) is 0 Å². The third kappa shape index (κ3) is 2.44. The summed E-state index contributed by atoms with van der Waals surface area (Å²) in [6.07, 6.45) is 0. The Morgan fingerprint density at radius 2 is 1.57 bits per heavy atom. The van der Waals surface area contributed by atoms with E-state index in [1.54, 1.807) is 13.2 Å². The molecular formula is C21H22O2. The average Bonchev–Trinajstić information content (AvgIpc) is 2.53. The molecule has 0 spiro atoms. The number of fused-ring (bicyclic) bond motifs is 1. The Morgan fingerprint density at radius 3 is 2.26 bits per heavy atom. The SMILES string of the molecule is COc1cc(C)c(-c2c(O)ccc3cc(C)ccc23)c(C)c1C. The highest BCUT2D eigenvalue weighted by atomic mass is 16.5. The molecule has 23 heavy (non-hydrogen) atoms. The molecule has 0 aromatic heterocycles. The van der Waals surface area contributed by atoms with Crippen molar-refractivity contribution in [2.45, 2.75) is 27.7 Å². The van der Waals surface area contributed by atoms with E-state index in [0.29, 0.717) is 5.75 Å². The van der Waals surface area contributed by atoms with Gasteiger partial charge in [-0.15, -0.1) is 0 Å². The summed E-state index contributed by atoms with van der Waals surface area (Å²) >= 11 is 0. The fourth-order valence-electron chi connectivity index (χ4n) is 3.34. The first-order valence-corrected chi connectivity index (χ1v) is 7.81. The van der Waals surface area contributed by atoms with Crippen LogP contribution in [-0.2, 0) is 0 Å². The second-order valence-corrected chi connectivity index (χ2v) is 6.21. The van der Waals surface area contributed by atoms with Crippen molar-refractivity contribution in [3.05, 3.63) is 58.7 Å². The number of aryl methyl sites for hydroxylation is 2. The van der Waals surface area contributed by atoms with Crippen LogP contribution in [0.3, 0.4) is 0 Å². The van der Waals surface area contributed by atoms with Gasteiger partial charge in [0.1, 0.15) is 11.5 Å². The topological polar surface area (TPSA) is 29.5 Å². The number of hydrogen-bond donors (Lipinski definition) is 1. The average molecular weight is 306 g/mol. The van der Waals surface area contributed by atoms with Crippen molar-refractivity contribution >= 4 is 10.8 Å². The van der Waals surface area contributed by atoms with Crippen molar-refractivity contribution in [2.75, 3.05) is 7.11 Å². The van der Waals surface area contributed by atoms with Crippen LogP contribution in [0.1, 0.15) is 22.3 Å². The molecule has 0 aliphatic rings. The first-order chi connectivity index (χ1) is 10.9. The summed E-state index contributed by atoms with van der Waals surface area (Å²) < 4.78 is 5.47. The number of phenols is 1. The molecule has 2 nitrogen and oxygen atoms in total. The minimum absolute atomic E-state index is 0.317. The molecule has 0 aliphatic carbocycles. The lowest BCUT2D eigenvalue weighted by Gasteiger charge is -2.19. The zero-order valence-corrected chi connectivity index (χ0v) is 14.3. The highest BCUT2D eigenvalue weighted by Crippen LogP contribution is 2.42. The van der Waals surface area contributed by atoms with E-state index in [1.807, 2.05) is 12.1 Å². The zero-order valence-electron chi connectivity index (χ0n) is 14.3. The van der Waals surface area contributed by atoms with Gasteiger partial charge in [0.05, 0.1) is 7.11 Å². The second kappa shape index (κ2) is 5.62. The van der Waals surface area contributed by atoms with Gasteiger partial charge in [-0.2, -0.15) is 0 Å². The molecule has 0 saturated carbocycles. The summed E-state index contributed by atoms with van der Waals surface area (Å²) in [5.41, 5.74) is 6.57. The van der Waals surface area contributed by atoms with Crippen molar-refractivity contribution in [3.8, 4) is 22.6 Å². The summed E-state index contributed by atoms with van der Waals surface area (Å²) in [5.74, 6) is 1.21. The molecule has 0 bridgehead atoms. The van der Waals surface area contributed by atoms with Crippen LogP contribution in [0.5, 0.6) is 11.5 Å².